The van der Waals surface area contributed by atoms with Crippen molar-refractivity contribution in [3.8, 4) is 11.5 Å². The van der Waals surface area contributed by atoms with E-state index in [2.05, 4.69) is 21.3 Å². The largest absolute Gasteiger partial charge is 0.487 e. The van der Waals surface area contributed by atoms with Crippen LogP contribution in [-0.4, -0.2) is 198 Å². The topological polar surface area (TPSA) is 380 Å². The number of fused-ring (bicyclic) bond motifs is 2. The minimum atomic E-state index is -2.13. The Morgan fingerprint density at radius 3 is 2.06 bits per heavy atom. The first kappa shape index (κ1) is 54.9. The van der Waals surface area contributed by atoms with Gasteiger partial charge in [0.2, 0.25) is 41.4 Å². The maximum Gasteiger partial charge on any atom is 0.248 e. The van der Waals surface area contributed by atoms with Gasteiger partial charge < -0.3 is 87.1 Å². The smallest absolute Gasteiger partial charge is 0.248 e. The molecule has 0 aromatic heterocycles. The molecule has 2 aromatic carbocycles. The predicted octanol–water partition coefficient (Wildman–Crippen LogP) is -5.34. The van der Waals surface area contributed by atoms with Gasteiger partial charge in [-0.2, -0.15) is 0 Å². The number of rotatable bonds is 14. The number of amides is 7. The molecular formula is C46H65N7O17. The van der Waals surface area contributed by atoms with E-state index in [-0.39, 0.29) is 36.6 Å². The van der Waals surface area contributed by atoms with Crippen LogP contribution in [0.5, 0.6) is 11.5 Å². The molecule has 3 fully saturated rings. The molecule has 70 heavy (non-hydrogen) atoms. The fourth-order valence-corrected chi connectivity index (χ4v) is 8.54. The zero-order chi connectivity index (χ0) is 51.6. The average Bonchev–Trinajstić information content (AvgIpc) is 3.86. The van der Waals surface area contributed by atoms with E-state index < -0.39 is 172 Å². The van der Waals surface area contributed by atoms with Gasteiger partial charge in [0.1, 0.15) is 49.5 Å². The normalized spacial score (nSPS) is 29.2. The third kappa shape index (κ3) is 14.1. The second-order valence-electron chi connectivity index (χ2n) is 18.2. The van der Waals surface area contributed by atoms with Crippen molar-refractivity contribution in [2.24, 2.45) is 17.6 Å². The van der Waals surface area contributed by atoms with E-state index in [0.717, 1.165) is 15.4 Å². The van der Waals surface area contributed by atoms with Crippen LogP contribution in [0.1, 0.15) is 51.2 Å². The quantitative estimate of drug-likeness (QED) is 0.0841. The second-order valence-corrected chi connectivity index (χ2v) is 18.2. The van der Waals surface area contributed by atoms with Crippen molar-refractivity contribution in [2.45, 2.75) is 126 Å². The third-order valence-corrected chi connectivity index (χ3v) is 12.4. The van der Waals surface area contributed by atoms with E-state index in [1.807, 2.05) is 18.2 Å². The summed E-state index contributed by atoms with van der Waals surface area (Å²) in [4.78, 5) is 98.5. The van der Waals surface area contributed by atoms with Crippen LogP contribution in [0.4, 0.5) is 0 Å². The molecule has 0 spiro atoms. The molecule has 7 amide bonds. The molecule has 2 aromatic rings. The van der Waals surface area contributed by atoms with Gasteiger partial charge in [0, 0.05) is 44.3 Å². The van der Waals surface area contributed by atoms with Crippen molar-refractivity contribution in [1.29, 1.82) is 0 Å². The summed E-state index contributed by atoms with van der Waals surface area (Å²) in [5.74, 6) is -9.23. The van der Waals surface area contributed by atoms with E-state index in [9.17, 15) is 74.4 Å². The molecule has 3 saturated heterocycles. The van der Waals surface area contributed by atoms with Gasteiger partial charge in [0.05, 0.1) is 49.7 Å². The number of carbonyl (C=O) groups is 7. The fourth-order valence-electron chi connectivity index (χ4n) is 8.54. The highest BCUT2D eigenvalue weighted by Crippen LogP contribution is 2.31. The first-order chi connectivity index (χ1) is 33.1. The summed E-state index contributed by atoms with van der Waals surface area (Å²) in [5, 5.41) is 95.9. The lowest BCUT2D eigenvalue weighted by Gasteiger charge is -2.33. The van der Waals surface area contributed by atoms with E-state index >= 15 is 0 Å². The maximum absolute atomic E-state index is 14.6. The molecule has 14 N–H and O–H groups in total. The predicted molar refractivity (Wildman–Crippen MR) is 242 cm³/mol. The van der Waals surface area contributed by atoms with Crippen molar-refractivity contribution in [2.75, 3.05) is 32.8 Å². The highest BCUT2D eigenvalue weighted by atomic mass is 16.5. The number of β-amino-alcohol motifs (C(OH)–C–C–N with tert-alkyl or cyclic N) is 1. The van der Waals surface area contributed by atoms with Gasteiger partial charge in [-0.05, 0) is 36.6 Å². The standard InChI is InChI=1S/C46H65N7O17/c1-22-11-27(56)16-48-44(66)39-40(62)23(2)17-53(39)46(68)38(32(60)15-35(47)61)51-43(65)37(50-42(64)30-14-28(57)18-52(30)45(67)36(24(3)55)49-41(22)63)31(59)12-26-9-10-33(34(13-26)70-21-29(58)19-54)69-20-25-7-5-4-6-8-25/h4-10,13,22-24,27-32,36-40,54-60,62H,11-12,14-21H2,1-3H3,(H2,47,61)(H,48,66)(H,49,63)(H,50,64)(H,51,65)/t22-,23-,24+,27+,28+,29-,30-,31+,32+,36-,37-,38-,39-,40-/m0/s1. The van der Waals surface area contributed by atoms with E-state index in [1.54, 1.807) is 12.1 Å². The number of primary amides is 1. The summed E-state index contributed by atoms with van der Waals surface area (Å²) in [6, 6.07) is 4.20. The van der Waals surface area contributed by atoms with Gasteiger partial charge in [-0.25, -0.2) is 0 Å². The number of hydrogen-bond donors (Lipinski definition) is 13. The monoisotopic (exact) mass is 987 g/mol. The van der Waals surface area contributed by atoms with Gasteiger partial charge in [0.15, 0.2) is 11.5 Å². The Labute approximate surface area is 403 Å². The lowest BCUT2D eigenvalue weighted by atomic mass is 9.98. The Bertz CT molecular complexity index is 2170. The Morgan fingerprint density at radius 1 is 0.743 bits per heavy atom. The van der Waals surface area contributed by atoms with Crippen LogP contribution in [0.15, 0.2) is 48.5 Å². The summed E-state index contributed by atoms with van der Waals surface area (Å²) in [5.41, 5.74) is 6.41. The highest BCUT2D eigenvalue weighted by molar-refractivity contribution is 5.98. The zero-order valence-corrected chi connectivity index (χ0v) is 39.0. The fraction of sp³-hybridized carbons (Fsp3) is 0.587. The van der Waals surface area contributed by atoms with Gasteiger partial charge in [-0.1, -0.05) is 50.2 Å². The van der Waals surface area contributed by atoms with Crippen LogP contribution in [0.25, 0.3) is 0 Å². The van der Waals surface area contributed by atoms with Crippen LogP contribution in [-0.2, 0) is 46.6 Å². The molecule has 0 bridgehead atoms. The minimum Gasteiger partial charge on any atom is -0.487 e. The Morgan fingerprint density at radius 2 is 1.40 bits per heavy atom. The number of nitrogens with one attached hydrogen (secondary N) is 4. The number of carbonyl (C=O) groups excluding carboxylic acids is 7. The number of benzene rings is 2. The van der Waals surface area contributed by atoms with Gasteiger partial charge in [-0.15, -0.1) is 0 Å². The van der Waals surface area contributed by atoms with Crippen LogP contribution >= 0.6 is 0 Å². The van der Waals surface area contributed by atoms with Crippen LogP contribution in [0, 0.1) is 11.8 Å². The number of nitrogens with two attached hydrogens (primary N) is 1. The van der Waals surface area contributed by atoms with Gasteiger partial charge in [-0.3, -0.25) is 33.6 Å². The molecule has 0 unspecified atom stereocenters. The molecule has 14 atom stereocenters. The van der Waals surface area contributed by atoms with Crippen molar-refractivity contribution in [1.82, 2.24) is 31.1 Å². The Balaban J connectivity index is 1.57. The number of ether oxygens (including phenoxy) is 2. The first-order valence-electron chi connectivity index (χ1n) is 23.0. The highest BCUT2D eigenvalue weighted by Gasteiger charge is 2.49. The molecule has 0 aliphatic carbocycles. The lowest BCUT2D eigenvalue weighted by Crippen LogP contribution is -2.64. The lowest BCUT2D eigenvalue weighted by molar-refractivity contribution is -0.147. The molecule has 3 aliphatic heterocycles. The SMILES string of the molecule is C[C@H]1C[C@@H](O)CNC(=O)[C@@H]2[C@@H](O)[C@@H](C)CN2C(=O)[C@H]([C@H](O)CC(N)=O)NC(=O)[C@H]([C@H](O)Cc2ccc(OCc3ccccc3)c(OC[C@@H](O)CO)c2)NC(=O)[C@@H]2C[C@@H](O)CN2C(=O)[C@H]([C@@H](C)O)NC1=O. The number of nitrogens with zero attached hydrogens (tertiary/aromatic N) is 2. The van der Waals surface area contributed by atoms with Gasteiger partial charge >= 0.3 is 0 Å². The molecule has 3 heterocycles. The molecule has 3 aliphatic rings. The third-order valence-electron chi connectivity index (χ3n) is 12.4. The second kappa shape index (κ2) is 24.7. The summed E-state index contributed by atoms with van der Waals surface area (Å²) in [7, 11) is 0. The van der Waals surface area contributed by atoms with Crippen molar-refractivity contribution < 1.29 is 83.9 Å². The molecule has 0 saturated carbocycles. The Hall–Kier alpha value is -5.99. The molecule has 24 nitrogen and oxygen atoms in total. The molecule has 386 valence electrons. The summed E-state index contributed by atoms with van der Waals surface area (Å²) in [6.07, 6.45) is -13.3. The van der Waals surface area contributed by atoms with E-state index in [1.165, 1.54) is 39.0 Å². The molecule has 0 radical (unpaired) electrons. The van der Waals surface area contributed by atoms with E-state index in [0.29, 0.717) is 0 Å². The average molecular weight is 988 g/mol. The Kier molecular flexibility index (Phi) is 19.4. The summed E-state index contributed by atoms with van der Waals surface area (Å²) >= 11 is 0. The van der Waals surface area contributed by atoms with Crippen molar-refractivity contribution >= 4 is 41.4 Å². The minimum absolute atomic E-state index is 0.0344. The summed E-state index contributed by atoms with van der Waals surface area (Å²) < 4.78 is 11.7. The summed E-state index contributed by atoms with van der Waals surface area (Å²) in [6.45, 7) is 1.84. The van der Waals surface area contributed by atoms with Crippen LogP contribution < -0.4 is 36.5 Å². The van der Waals surface area contributed by atoms with Crippen LogP contribution in [0.3, 0.4) is 0 Å². The van der Waals surface area contributed by atoms with Crippen molar-refractivity contribution in [3.63, 3.8) is 0 Å². The van der Waals surface area contributed by atoms with Crippen molar-refractivity contribution in [3.05, 3.63) is 59.7 Å². The first-order valence-corrected chi connectivity index (χ1v) is 23.0. The molecule has 24 heteroatoms. The molecule has 5 rings (SSSR count). The van der Waals surface area contributed by atoms with E-state index in [4.69, 9.17) is 15.2 Å². The van der Waals surface area contributed by atoms with Gasteiger partial charge in [0.25, 0.3) is 0 Å². The van der Waals surface area contributed by atoms with Crippen LogP contribution in [0.2, 0.25) is 0 Å². The molecular weight excluding hydrogens is 923 g/mol. The number of aliphatic hydroxyl groups excluding tert-OH is 8. The number of hydrogen-bond acceptors (Lipinski definition) is 17. The maximum atomic E-state index is 14.6. The number of aliphatic hydroxyl groups is 8. The zero-order valence-electron chi connectivity index (χ0n) is 39.0.